The molecule has 1 aromatic carbocycles. The molecule has 0 aliphatic carbocycles. The van der Waals surface area contributed by atoms with Crippen LogP contribution in [0.3, 0.4) is 0 Å². The van der Waals surface area contributed by atoms with E-state index >= 15 is 0 Å². The van der Waals surface area contributed by atoms with Gasteiger partial charge in [0.1, 0.15) is 6.54 Å². The van der Waals surface area contributed by atoms with E-state index < -0.39 is 5.97 Å². The Bertz CT molecular complexity index is 558. The maximum Gasteiger partial charge on any atom is 0.323 e. The Hall–Kier alpha value is -2.61. The van der Waals surface area contributed by atoms with Crippen molar-refractivity contribution in [2.24, 2.45) is 0 Å². The van der Waals surface area contributed by atoms with Crippen LogP contribution in [0.25, 0.3) is 6.08 Å². The van der Waals surface area contributed by atoms with Gasteiger partial charge in [-0.05, 0) is 30.2 Å². The van der Waals surface area contributed by atoms with E-state index in [2.05, 4.69) is 0 Å². The topological polar surface area (TPSA) is 81.4 Å². The Morgan fingerprint density at radius 1 is 1.45 bits per heavy atom. The number of carboxylic acid groups (broad SMARTS) is 1. The third-order valence-electron chi connectivity index (χ3n) is 2.57. The van der Waals surface area contributed by atoms with Crippen LogP contribution in [0.1, 0.15) is 24.5 Å². The summed E-state index contributed by atoms with van der Waals surface area (Å²) in [4.78, 5) is 23.9. The number of amides is 1. The van der Waals surface area contributed by atoms with Crippen molar-refractivity contribution in [2.45, 2.75) is 13.3 Å². The molecule has 20 heavy (non-hydrogen) atoms. The van der Waals surface area contributed by atoms with E-state index in [0.29, 0.717) is 18.5 Å². The van der Waals surface area contributed by atoms with Gasteiger partial charge in [-0.2, -0.15) is 5.26 Å². The molecule has 0 saturated heterocycles. The van der Waals surface area contributed by atoms with E-state index in [1.807, 2.05) is 13.0 Å². The highest BCUT2D eigenvalue weighted by Crippen LogP contribution is 2.06. The van der Waals surface area contributed by atoms with Crippen molar-refractivity contribution >= 4 is 18.0 Å². The van der Waals surface area contributed by atoms with Crippen LogP contribution >= 0.6 is 0 Å². The van der Waals surface area contributed by atoms with Crippen LogP contribution in [0.15, 0.2) is 30.3 Å². The number of benzene rings is 1. The molecule has 0 saturated carbocycles. The molecule has 0 heterocycles. The average Bonchev–Trinajstić information content (AvgIpc) is 2.44. The predicted molar refractivity (Wildman–Crippen MR) is 74.7 cm³/mol. The zero-order valence-corrected chi connectivity index (χ0v) is 11.2. The van der Waals surface area contributed by atoms with Gasteiger partial charge in [0.25, 0.3) is 0 Å². The van der Waals surface area contributed by atoms with Gasteiger partial charge in [0.15, 0.2) is 0 Å². The van der Waals surface area contributed by atoms with Crippen molar-refractivity contribution < 1.29 is 14.7 Å². The first-order chi connectivity index (χ1) is 9.56. The van der Waals surface area contributed by atoms with E-state index in [9.17, 15) is 9.59 Å². The summed E-state index contributed by atoms with van der Waals surface area (Å²) in [7, 11) is 0. The maximum atomic E-state index is 11.9. The molecule has 0 spiro atoms. The fraction of sp³-hybridized carbons (Fsp3) is 0.267. The molecule has 1 N–H and O–H groups in total. The van der Waals surface area contributed by atoms with E-state index in [4.69, 9.17) is 10.4 Å². The predicted octanol–water partition coefficient (Wildman–Crippen LogP) is 1.89. The summed E-state index contributed by atoms with van der Waals surface area (Å²) in [6, 6.07) is 8.84. The van der Waals surface area contributed by atoms with Gasteiger partial charge in [-0.3, -0.25) is 9.59 Å². The lowest BCUT2D eigenvalue weighted by Gasteiger charge is -2.17. The quantitative estimate of drug-likeness (QED) is 0.802. The Labute approximate surface area is 117 Å². The summed E-state index contributed by atoms with van der Waals surface area (Å²) in [5, 5.41) is 17.5. The van der Waals surface area contributed by atoms with Crippen molar-refractivity contribution in [2.75, 3.05) is 13.1 Å². The van der Waals surface area contributed by atoms with Crippen molar-refractivity contribution in [1.29, 1.82) is 5.26 Å². The zero-order valence-electron chi connectivity index (χ0n) is 11.2. The number of rotatable bonds is 6. The van der Waals surface area contributed by atoms with Crippen molar-refractivity contribution in [3.05, 3.63) is 41.5 Å². The van der Waals surface area contributed by atoms with Gasteiger partial charge in [-0.1, -0.05) is 19.1 Å². The molecule has 1 aromatic rings. The molecule has 0 radical (unpaired) electrons. The first-order valence-electron chi connectivity index (χ1n) is 6.25. The molecule has 1 amide bonds. The second-order valence-corrected chi connectivity index (χ2v) is 4.22. The largest absolute Gasteiger partial charge is 0.480 e. The van der Waals surface area contributed by atoms with E-state index in [0.717, 1.165) is 5.56 Å². The van der Waals surface area contributed by atoms with Gasteiger partial charge < -0.3 is 10.0 Å². The second-order valence-electron chi connectivity index (χ2n) is 4.22. The first kappa shape index (κ1) is 15.4. The highest BCUT2D eigenvalue weighted by Gasteiger charge is 2.12. The van der Waals surface area contributed by atoms with Crippen molar-refractivity contribution in [1.82, 2.24) is 4.90 Å². The van der Waals surface area contributed by atoms with Crippen LogP contribution in [-0.4, -0.2) is 35.0 Å². The van der Waals surface area contributed by atoms with E-state index in [1.165, 1.54) is 11.0 Å². The summed E-state index contributed by atoms with van der Waals surface area (Å²) in [5.41, 5.74) is 1.24. The van der Waals surface area contributed by atoms with Crippen LogP contribution in [-0.2, 0) is 9.59 Å². The van der Waals surface area contributed by atoms with Crippen LogP contribution in [0.5, 0.6) is 0 Å². The summed E-state index contributed by atoms with van der Waals surface area (Å²) < 4.78 is 0. The van der Waals surface area contributed by atoms with Crippen molar-refractivity contribution in [3.63, 3.8) is 0 Å². The van der Waals surface area contributed by atoms with Crippen molar-refractivity contribution in [3.8, 4) is 6.07 Å². The normalized spacial score (nSPS) is 10.2. The Morgan fingerprint density at radius 2 is 2.20 bits per heavy atom. The molecule has 104 valence electrons. The van der Waals surface area contributed by atoms with E-state index in [1.54, 1.807) is 30.3 Å². The summed E-state index contributed by atoms with van der Waals surface area (Å²) in [6.07, 6.45) is 3.60. The molecule has 0 aromatic heterocycles. The highest BCUT2D eigenvalue weighted by molar-refractivity contribution is 5.93. The first-order valence-corrected chi connectivity index (χ1v) is 6.25. The molecule has 0 aliphatic rings. The van der Waals surface area contributed by atoms with Gasteiger partial charge in [-0.25, -0.2) is 0 Å². The third kappa shape index (κ3) is 4.94. The van der Waals surface area contributed by atoms with Crippen LogP contribution < -0.4 is 0 Å². The zero-order chi connectivity index (χ0) is 15.0. The SMILES string of the molecule is CCCN(CC(=O)O)C(=O)/C=C/c1cccc(C#N)c1. The maximum absolute atomic E-state index is 11.9. The number of hydrogen-bond donors (Lipinski definition) is 1. The molecule has 0 aliphatic heterocycles. The molecule has 5 nitrogen and oxygen atoms in total. The number of carbonyl (C=O) groups is 2. The molecule has 0 unspecified atom stereocenters. The lowest BCUT2D eigenvalue weighted by atomic mass is 10.1. The fourth-order valence-electron chi connectivity index (χ4n) is 1.69. The monoisotopic (exact) mass is 272 g/mol. The molecular weight excluding hydrogens is 256 g/mol. The number of hydrogen-bond acceptors (Lipinski definition) is 3. The number of carbonyl (C=O) groups excluding carboxylic acids is 1. The second kappa shape index (κ2) is 7.74. The Balaban J connectivity index is 2.78. The average molecular weight is 272 g/mol. The summed E-state index contributed by atoms with van der Waals surface area (Å²) in [5.74, 6) is -1.39. The van der Waals surface area contributed by atoms with Gasteiger partial charge in [0.2, 0.25) is 5.91 Å². The number of carboxylic acids is 1. The number of nitriles is 1. The Kier molecular flexibility index (Phi) is 5.98. The molecule has 5 heteroatoms. The number of nitrogens with zero attached hydrogens (tertiary/aromatic N) is 2. The summed E-state index contributed by atoms with van der Waals surface area (Å²) >= 11 is 0. The Morgan fingerprint density at radius 3 is 2.80 bits per heavy atom. The molecule has 1 rings (SSSR count). The van der Waals surface area contributed by atoms with Gasteiger partial charge in [-0.15, -0.1) is 0 Å². The van der Waals surface area contributed by atoms with Gasteiger partial charge >= 0.3 is 5.97 Å². The van der Waals surface area contributed by atoms with Gasteiger partial charge in [0, 0.05) is 12.6 Å². The summed E-state index contributed by atoms with van der Waals surface area (Å²) in [6.45, 7) is 1.96. The number of aliphatic carboxylic acids is 1. The highest BCUT2D eigenvalue weighted by atomic mass is 16.4. The third-order valence-corrected chi connectivity index (χ3v) is 2.57. The standard InChI is InChI=1S/C15H16N2O3/c1-2-8-17(11-15(19)20)14(18)7-6-12-4-3-5-13(9-12)10-16/h3-7,9H,2,8,11H2,1H3,(H,19,20)/b7-6+. The van der Waals surface area contributed by atoms with Gasteiger partial charge in [0.05, 0.1) is 11.6 Å². The smallest absolute Gasteiger partial charge is 0.323 e. The molecule has 0 atom stereocenters. The molecular formula is C15H16N2O3. The van der Waals surface area contributed by atoms with Crippen LogP contribution in [0, 0.1) is 11.3 Å². The minimum atomic E-state index is -1.04. The molecule has 0 bridgehead atoms. The molecule has 0 fully saturated rings. The minimum Gasteiger partial charge on any atom is -0.480 e. The lowest BCUT2D eigenvalue weighted by molar-refractivity contribution is -0.142. The van der Waals surface area contributed by atoms with Crippen LogP contribution in [0.2, 0.25) is 0 Å². The fourth-order valence-corrected chi connectivity index (χ4v) is 1.69. The van der Waals surface area contributed by atoms with E-state index in [-0.39, 0.29) is 12.5 Å². The van der Waals surface area contributed by atoms with Crippen LogP contribution in [0.4, 0.5) is 0 Å². The minimum absolute atomic E-state index is 0.310. The lowest BCUT2D eigenvalue weighted by Crippen LogP contribution is -2.35.